The number of hydrogen-bond acceptors (Lipinski definition) is 6. The molecule has 2 aromatic carbocycles. The van der Waals surface area contributed by atoms with E-state index in [1.165, 1.54) is 0 Å². The van der Waals surface area contributed by atoms with E-state index in [2.05, 4.69) is 15.6 Å². The smallest absolute Gasteiger partial charge is 0.163 e. The van der Waals surface area contributed by atoms with Gasteiger partial charge in [0.2, 0.25) is 0 Å². The molecule has 0 atom stereocenters. The number of rotatable bonds is 10. The number of nitrogens with zero attached hydrogens (tertiary/aromatic N) is 2. The summed E-state index contributed by atoms with van der Waals surface area (Å²) in [5, 5.41) is 6.75. The van der Waals surface area contributed by atoms with Crippen LogP contribution in [0.3, 0.4) is 0 Å². The molecule has 6 nitrogen and oxygen atoms in total. The molecule has 146 valence electrons. The molecule has 0 saturated carbocycles. The fraction of sp³-hybridized carbons (Fsp3) is 0.273. The molecule has 1 aromatic heterocycles. The third-order valence-corrected chi connectivity index (χ3v) is 4.24. The summed E-state index contributed by atoms with van der Waals surface area (Å²) in [5.41, 5.74) is 2.04. The molecule has 0 bridgehead atoms. The molecule has 0 aliphatic rings. The maximum atomic E-state index is 5.43. The third-order valence-electron chi connectivity index (χ3n) is 4.24. The molecule has 0 fully saturated rings. The third kappa shape index (κ3) is 5.44. The van der Waals surface area contributed by atoms with Crippen LogP contribution in [0.1, 0.15) is 12.0 Å². The summed E-state index contributed by atoms with van der Waals surface area (Å²) in [4.78, 5) is 9.35. The van der Waals surface area contributed by atoms with E-state index in [4.69, 9.17) is 14.5 Å². The van der Waals surface area contributed by atoms with E-state index in [-0.39, 0.29) is 0 Å². The lowest BCUT2D eigenvalue weighted by molar-refractivity contribution is 0.198. The van der Waals surface area contributed by atoms with Crippen LogP contribution in [0.4, 0.5) is 11.6 Å². The first-order valence-electron chi connectivity index (χ1n) is 9.33. The van der Waals surface area contributed by atoms with Crippen LogP contribution in [0.2, 0.25) is 0 Å². The van der Waals surface area contributed by atoms with Crippen molar-refractivity contribution in [2.75, 3.05) is 38.0 Å². The van der Waals surface area contributed by atoms with Crippen molar-refractivity contribution in [1.82, 2.24) is 9.97 Å². The molecular weight excluding hydrogens is 352 g/mol. The highest BCUT2D eigenvalue weighted by atomic mass is 16.5. The van der Waals surface area contributed by atoms with Crippen molar-refractivity contribution in [2.24, 2.45) is 0 Å². The van der Waals surface area contributed by atoms with Gasteiger partial charge < -0.3 is 20.1 Å². The minimum absolute atomic E-state index is 0.609. The average molecular weight is 378 g/mol. The lowest BCUT2D eigenvalue weighted by Crippen LogP contribution is -2.09. The van der Waals surface area contributed by atoms with Gasteiger partial charge in [0, 0.05) is 44.0 Å². The van der Waals surface area contributed by atoms with E-state index in [1.54, 1.807) is 14.2 Å². The van der Waals surface area contributed by atoms with Crippen molar-refractivity contribution in [3.05, 3.63) is 66.2 Å². The van der Waals surface area contributed by atoms with Crippen LogP contribution in [0, 0.1) is 0 Å². The van der Waals surface area contributed by atoms with E-state index in [0.717, 1.165) is 41.5 Å². The Bertz CT molecular complexity index is 871. The van der Waals surface area contributed by atoms with Crippen molar-refractivity contribution in [3.8, 4) is 17.1 Å². The Kier molecular flexibility index (Phi) is 7.21. The zero-order valence-corrected chi connectivity index (χ0v) is 16.3. The normalized spacial score (nSPS) is 10.5. The minimum Gasteiger partial charge on any atom is -0.496 e. The first kappa shape index (κ1) is 19.6. The van der Waals surface area contributed by atoms with Crippen molar-refractivity contribution in [3.63, 3.8) is 0 Å². The maximum Gasteiger partial charge on any atom is 0.163 e. The van der Waals surface area contributed by atoms with Crippen LogP contribution in [0.25, 0.3) is 11.4 Å². The van der Waals surface area contributed by atoms with Crippen LogP contribution in [0.5, 0.6) is 5.75 Å². The van der Waals surface area contributed by atoms with Gasteiger partial charge in [0.15, 0.2) is 5.82 Å². The van der Waals surface area contributed by atoms with Crippen LogP contribution < -0.4 is 15.4 Å². The van der Waals surface area contributed by atoms with Gasteiger partial charge in [-0.25, -0.2) is 9.97 Å². The highest BCUT2D eigenvalue weighted by Gasteiger charge is 2.08. The fourth-order valence-corrected chi connectivity index (χ4v) is 2.81. The summed E-state index contributed by atoms with van der Waals surface area (Å²) >= 11 is 0. The average Bonchev–Trinajstić information content (AvgIpc) is 2.76. The van der Waals surface area contributed by atoms with Gasteiger partial charge in [-0.2, -0.15) is 0 Å². The lowest BCUT2D eigenvalue weighted by Gasteiger charge is -2.13. The van der Waals surface area contributed by atoms with Gasteiger partial charge in [-0.15, -0.1) is 0 Å². The highest BCUT2D eigenvalue weighted by Crippen LogP contribution is 2.22. The second-order valence-electron chi connectivity index (χ2n) is 6.27. The number of nitrogens with one attached hydrogen (secondary N) is 2. The SMILES string of the molecule is COCCCNc1cc(NCc2ccccc2OC)nc(-c2ccccc2)n1. The van der Waals surface area contributed by atoms with Crippen molar-refractivity contribution >= 4 is 11.6 Å². The van der Waals surface area contributed by atoms with Crippen LogP contribution in [-0.2, 0) is 11.3 Å². The van der Waals surface area contributed by atoms with Crippen LogP contribution >= 0.6 is 0 Å². The standard InChI is InChI=1S/C22H26N4O2/c1-27-14-8-13-23-20-15-21(24-16-18-11-6-7-12-19(18)28-2)26-22(25-20)17-9-4-3-5-10-17/h3-7,9-12,15H,8,13-14,16H2,1-2H3,(H2,23,24,25,26). The first-order valence-corrected chi connectivity index (χ1v) is 9.33. The zero-order valence-electron chi connectivity index (χ0n) is 16.3. The molecule has 0 unspecified atom stereocenters. The zero-order chi connectivity index (χ0) is 19.6. The summed E-state index contributed by atoms with van der Waals surface area (Å²) in [5.74, 6) is 3.08. The van der Waals surface area contributed by atoms with Gasteiger partial charge in [0.05, 0.1) is 7.11 Å². The number of aromatic nitrogens is 2. The first-order chi connectivity index (χ1) is 13.8. The molecule has 1 heterocycles. The molecule has 28 heavy (non-hydrogen) atoms. The number of para-hydroxylation sites is 1. The van der Waals surface area contributed by atoms with E-state index in [9.17, 15) is 0 Å². The summed E-state index contributed by atoms with van der Waals surface area (Å²) < 4.78 is 10.5. The Hall–Kier alpha value is -3.12. The maximum absolute atomic E-state index is 5.43. The van der Waals surface area contributed by atoms with Crippen molar-refractivity contribution < 1.29 is 9.47 Å². The second kappa shape index (κ2) is 10.3. The highest BCUT2D eigenvalue weighted by molar-refractivity contribution is 5.61. The van der Waals surface area contributed by atoms with Crippen molar-refractivity contribution in [2.45, 2.75) is 13.0 Å². The summed E-state index contributed by atoms with van der Waals surface area (Å²) in [6, 6.07) is 19.8. The van der Waals surface area contributed by atoms with E-state index in [1.807, 2.05) is 60.7 Å². The number of benzene rings is 2. The Morgan fingerprint density at radius 3 is 2.32 bits per heavy atom. The largest absolute Gasteiger partial charge is 0.496 e. The predicted molar refractivity (Wildman–Crippen MR) is 113 cm³/mol. The quantitative estimate of drug-likeness (QED) is 0.515. The minimum atomic E-state index is 0.609. The van der Waals surface area contributed by atoms with Gasteiger partial charge in [-0.3, -0.25) is 0 Å². The number of methoxy groups -OCH3 is 2. The molecule has 0 amide bonds. The number of anilines is 2. The molecule has 6 heteroatoms. The molecule has 3 aromatic rings. The molecule has 0 radical (unpaired) electrons. The van der Waals surface area contributed by atoms with Crippen LogP contribution in [-0.4, -0.2) is 37.3 Å². The monoisotopic (exact) mass is 378 g/mol. The van der Waals surface area contributed by atoms with Gasteiger partial charge in [-0.05, 0) is 12.5 Å². The number of ether oxygens (including phenoxy) is 2. The number of hydrogen-bond donors (Lipinski definition) is 2. The second-order valence-corrected chi connectivity index (χ2v) is 6.27. The molecule has 0 spiro atoms. The molecule has 0 saturated heterocycles. The summed E-state index contributed by atoms with van der Waals surface area (Å²) in [6.45, 7) is 2.10. The van der Waals surface area contributed by atoms with Crippen molar-refractivity contribution in [1.29, 1.82) is 0 Å². The Balaban J connectivity index is 1.80. The lowest BCUT2D eigenvalue weighted by atomic mass is 10.2. The molecular formula is C22H26N4O2. The topological polar surface area (TPSA) is 68.3 Å². The Morgan fingerprint density at radius 1 is 0.857 bits per heavy atom. The summed E-state index contributed by atoms with van der Waals surface area (Å²) in [6.07, 6.45) is 0.908. The van der Waals surface area contributed by atoms with Gasteiger partial charge >= 0.3 is 0 Å². The summed E-state index contributed by atoms with van der Waals surface area (Å²) in [7, 11) is 3.39. The van der Waals surface area contributed by atoms with E-state index in [0.29, 0.717) is 19.0 Å². The van der Waals surface area contributed by atoms with E-state index >= 15 is 0 Å². The molecule has 3 rings (SSSR count). The Morgan fingerprint density at radius 2 is 1.57 bits per heavy atom. The molecule has 2 N–H and O–H groups in total. The Labute approximate surface area is 166 Å². The molecule has 0 aliphatic heterocycles. The van der Waals surface area contributed by atoms with Gasteiger partial charge in [0.25, 0.3) is 0 Å². The van der Waals surface area contributed by atoms with Crippen LogP contribution in [0.15, 0.2) is 60.7 Å². The fourth-order valence-electron chi connectivity index (χ4n) is 2.81. The van der Waals surface area contributed by atoms with Gasteiger partial charge in [0.1, 0.15) is 17.4 Å². The molecule has 0 aliphatic carbocycles. The predicted octanol–water partition coefficient (Wildman–Crippen LogP) is 4.21. The van der Waals surface area contributed by atoms with E-state index < -0.39 is 0 Å². The van der Waals surface area contributed by atoms with Gasteiger partial charge in [-0.1, -0.05) is 48.5 Å².